The van der Waals surface area contributed by atoms with Gasteiger partial charge in [-0.3, -0.25) is 4.98 Å². The van der Waals surface area contributed by atoms with E-state index in [4.69, 9.17) is 10.5 Å². The van der Waals surface area contributed by atoms with Gasteiger partial charge in [0.2, 0.25) is 0 Å². The summed E-state index contributed by atoms with van der Waals surface area (Å²) in [5.74, 6) is 0.755. The molecule has 0 radical (unpaired) electrons. The number of benzene rings is 1. The summed E-state index contributed by atoms with van der Waals surface area (Å²) in [5.41, 5.74) is 9.47. The van der Waals surface area contributed by atoms with Crippen LogP contribution in [-0.2, 0) is 0 Å². The molecule has 0 saturated heterocycles. The molecule has 0 spiro atoms. The normalized spacial score (nSPS) is 12.0. The Morgan fingerprint density at radius 1 is 1.15 bits per heavy atom. The van der Waals surface area contributed by atoms with Gasteiger partial charge in [0, 0.05) is 26.0 Å². The summed E-state index contributed by atoms with van der Waals surface area (Å²) in [7, 11) is 4.04. The Bertz CT molecular complexity index is 552. The Hall–Kier alpha value is -2.07. The lowest BCUT2D eigenvalue weighted by molar-refractivity contribution is 0.338. The second kappa shape index (κ2) is 6.39. The number of ether oxygens (including phenoxy) is 1. The minimum absolute atomic E-state index is 0.195. The molecule has 1 aromatic carbocycles. The van der Waals surface area contributed by atoms with Crippen molar-refractivity contribution in [3.05, 3.63) is 53.9 Å². The number of nitrogens with two attached hydrogens (primary N) is 1. The van der Waals surface area contributed by atoms with Crippen LogP contribution in [0.2, 0.25) is 0 Å². The van der Waals surface area contributed by atoms with Crippen LogP contribution in [0, 0.1) is 0 Å². The van der Waals surface area contributed by atoms with Gasteiger partial charge in [-0.25, -0.2) is 0 Å². The van der Waals surface area contributed by atoms with Crippen LogP contribution >= 0.6 is 0 Å². The molecule has 1 heterocycles. The number of nitrogens with zero attached hydrogens (tertiary/aromatic N) is 2. The molecule has 0 bridgehead atoms. The van der Waals surface area contributed by atoms with Gasteiger partial charge in [-0.05, 0) is 36.2 Å². The minimum Gasteiger partial charge on any atom is -0.492 e. The van der Waals surface area contributed by atoms with Crippen LogP contribution in [0.1, 0.15) is 24.1 Å². The zero-order chi connectivity index (χ0) is 14.5. The fraction of sp³-hybridized carbons (Fsp3) is 0.312. The molecule has 4 nitrogen and oxygen atoms in total. The van der Waals surface area contributed by atoms with E-state index in [2.05, 4.69) is 22.0 Å². The molecule has 1 atom stereocenters. The van der Waals surface area contributed by atoms with Crippen LogP contribution in [0.15, 0.2) is 42.7 Å². The molecular formula is C16H21N3O. The second-order valence-electron chi connectivity index (χ2n) is 4.85. The summed E-state index contributed by atoms with van der Waals surface area (Å²) < 4.78 is 5.46. The quantitative estimate of drug-likeness (QED) is 0.908. The Morgan fingerprint density at radius 2 is 1.85 bits per heavy atom. The molecule has 4 heteroatoms. The fourth-order valence-corrected chi connectivity index (χ4v) is 2.02. The van der Waals surface area contributed by atoms with E-state index >= 15 is 0 Å². The maximum Gasteiger partial charge on any atom is 0.137 e. The fourth-order valence-electron chi connectivity index (χ4n) is 2.02. The zero-order valence-electron chi connectivity index (χ0n) is 12.2. The zero-order valence-corrected chi connectivity index (χ0v) is 12.2. The minimum atomic E-state index is -0.195. The number of anilines is 1. The van der Waals surface area contributed by atoms with E-state index in [1.165, 1.54) is 0 Å². The molecular weight excluding hydrogens is 250 g/mol. The largest absolute Gasteiger partial charge is 0.492 e. The average Bonchev–Trinajstić information content (AvgIpc) is 2.47. The number of hydrogen-bond donors (Lipinski definition) is 1. The van der Waals surface area contributed by atoms with Gasteiger partial charge in [0.25, 0.3) is 0 Å². The molecule has 2 rings (SSSR count). The van der Waals surface area contributed by atoms with Gasteiger partial charge in [-0.1, -0.05) is 12.1 Å². The predicted molar refractivity (Wildman–Crippen MR) is 82.2 cm³/mol. The van der Waals surface area contributed by atoms with Crippen LogP contribution < -0.4 is 15.4 Å². The van der Waals surface area contributed by atoms with Crippen molar-refractivity contribution in [3.63, 3.8) is 0 Å². The Morgan fingerprint density at radius 3 is 2.45 bits per heavy atom. The van der Waals surface area contributed by atoms with Gasteiger partial charge in [-0.15, -0.1) is 0 Å². The van der Waals surface area contributed by atoms with E-state index in [9.17, 15) is 0 Å². The molecule has 2 aromatic rings. The van der Waals surface area contributed by atoms with E-state index in [1.807, 2.05) is 39.2 Å². The first-order chi connectivity index (χ1) is 9.61. The van der Waals surface area contributed by atoms with Crippen molar-refractivity contribution in [2.45, 2.75) is 13.0 Å². The molecule has 1 aromatic heterocycles. The monoisotopic (exact) mass is 271 g/mol. The molecule has 0 saturated carbocycles. The van der Waals surface area contributed by atoms with Crippen LogP contribution in [-0.4, -0.2) is 25.7 Å². The molecule has 0 amide bonds. The first kappa shape index (κ1) is 14.3. The van der Waals surface area contributed by atoms with Crippen molar-refractivity contribution in [1.82, 2.24) is 4.98 Å². The van der Waals surface area contributed by atoms with Crippen molar-refractivity contribution in [2.75, 3.05) is 25.6 Å². The van der Waals surface area contributed by atoms with Crippen molar-refractivity contribution >= 4 is 5.69 Å². The van der Waals surface area contributed by atoms with E-state index in [1.54, 1.807) is 12.4 Å². The molecule has 20 heavy (non-hydrogen) atoms. The van der Waals surface area contributed by atoms with E-state index in [-0.39, 0.29) is 6.04 Å². The summed E-state index contributed by atoms with van der Waals surface area (Å²) in [5, 5.41) is 0. The second-order valence-corrected chi connectivity index (χ2v) is 4.85. The first-order valence-electron chi connectivity index (χ1n) is 6.72. The van der Waals surface area contributed by atoms with Gasteiger partial charge in [0.1, 0.15) is 5.75 Å². The first-order valence-corrected chi connectivity index (χ1v) is 6.72. The number of rotatable bonds is 5. The van der Waals surface area contributed by atoms with Crippen LogP contribution in [0.5, 0.6) is 5.75 Å². The SMILES string of the molecule is CCOc1cncc(C(N)c2ccc(N(C)C)cc2)c1. The highest BCUT2D eigenvalue weighted by atomic mass is 16.5. The topological polar surface area (TPSA) is 51.4 Å². The molecule has 106 valence electrons. The van der Waals surface area contributed by atoms with Crippen molar-refractivity contribution in [1.29, 1.82) is 0 Å². The third-order valence-electron chi connectivity index (χ3n) is 3.17. The van der Waals surface area contributed by atoms with Gasteiger partial charge < -0.3 is 15.4 Å². The van der Waals surface area contributed by atoms with E-state index in [0.29, 0.717) is 6.61 Å². The third-order valence-corrected chi connectivity index (χ3v) is 3.17. The van der Waals surface area contributed by atoms with Crippen LogP contribution in [0.3, 0.4) is 0 Å². The number of hydrogen-bond acceptors (Lipinski definition) is 4. The van der Waals surface area contributed by atoms with E-state index in [0.717, 1.165) is 22.6 Å². The predicted octanol–water partition coefficient (Wildman–Crippen LogP) is 2.59. The molecule has 1 unspecified atom stereocenters. The maximum atomic E-state index is 6.30. The molecule has 0 aliphatic carbocycles. The lowest BCUT2D eigenvalue weighted by atomic mass is 10.0. The molecule has 2 N–H and O–H groups in total. The molecule has 0 aliphatic rings. The number of pyridine rings is 1. The summed E-state index contributed by atoms with van der Waals surface area (Å²) >= 11 is 0. The van der Waals surface area contributed by atoms with E-state index < -0.39 is 0 Å². The summed E-state index contributed by atoms with van der Waals surface area (Å²) in [6.45, 7) is 2.57. The summed E-state index contributed by atoms with van der Waals surface area (Å²) in [6.07, 6.45) is 3.49. The lowest BCUT2D eigenvalue weighted by Crippen LogP contribution is -2.13. The van der Waals surface area contributed by atoms with Crippen LogP contribution in [0.25, 0.3) is 0 Å². The molecule has 0 fully saturated rings. The van der Waals surface area contributed by atoms with Gasteiger partial charge in [0.05, 0.1) is 18.8 Å². The van der Waals surface area contributed by atoms with Crippen molar-refractivity contribution in [3.8, 4) is 5.75 Å². The summed E-state index contributed by atoms with van der Waals surface area (Å²) in [6, 6.07) is 9.98. The average molecular weight is 271 g/mol. The van der Waals surface area contributed by atoms with Gasteiger partial charge in [-0.2, -0.15) is 0 Å². The highest BCUT2D eigenvalue weighted by Crippen LogP contribution is 2.24. The Balaban J connectivity index is 2.21. The standard InChI is InChI=1S/C16H21N3O/c1-4-20-15-9-13(10-18-11-15)16(17)12-5-7-14(8-6-12)19(2)3/h5-11,16H,4,17H2,1-3H3. The lowest BCUT2D eigenvalue weighted by Gasteiger charge is -2.16. The molecule has 0 aliphatic heterocycles. The highest BCUT2D eigenvalue weighted by molar-refractivity contribution is 5.47. The van der Waals surface area contributed by atoms with Gasteiger partial charge in [0.15, 0.2) is 0 Å². The smallest absolute Gasteiger partial charge is 0.137 e. The van der Waals surface area contributed by atoms with Gasteiger partial charge >= 0.3 is 0 Å². The van der Waals surface area contributed by atoms with Crippen LogP contribution in [0.4, 0.5) is 5.69 Å². The maximum absolute atomic E-state index is 6.30. The number of aromatic nitrogens is 1. The third kappa shape index (κ3) is 3.27. The highest BCUT2D eigenvalue weighted by Gasteiger charge is 2.10. The van der Waals surface area contributed by atoms with Crippen molar-refractivity contribution < 1.29 is 4.74 Å². The Labute approximate surface area is 120 Å². The summed E-state index contributed by atoms with van der Waals surface area (Å²) in [4.78, 5) is 6.24. The van der Waals surface area contributed by atoms with Crippen molar-refractivity contribution in [2.24, 2.45) is 5.73 Å². The Kier molecular flexibility index (Phi) is 4.58.